The number of aromatic nitrogens is 3. The molecule has 0 aliphatic carbocycles. The molecule has 1 fully saturated rings. The molecule has 14 heteroatoms. The number of pyridine rings is 2. The molecule has 0 bridgehead atoms. The normalized spacial score (nSPS) is 15.0. The number of amides is 1. The van der Waals surface area contributed by atoms with Gasteiger partial charge in [-0.3, -0.25) is 9.69 Å². The van der Waals surface area contributed by atoms with Gasteiger partial charge in [0.25, 0.3) is 5.91 Å². The molecule has 3 aromatic heterocycles. The van der Waals surface area contributed by atoms with Crippen LogP contribution >= 0.6 is 23.1 Å². The zero-order chi connectivity index (χ0) is 31.3. The van der Waals surface area contributed by atoms with Crippen LogP contribution in [0.15, 0.2) is 64.1 Å². The summed E-state index contributed by atoms with van der Waals surface area (Å²) in [5.74, 6) is -2.40. The van der Waals surface area contributed by atoms with Crippen molar-refractivity contribution in [3.8, 4) is 0 Å². The van der Waals surface area contributed by atoms with Crippen LogP contribution in [0.2, 0.25) is 0 Å². The van der Waals surface area contributed by atoms with Gasteiger partial charge in [-0.25, -0.2) is 28.1 Å². The number of carbonyl (C=O) groups excluding carboxylic acids is 1. The monoisotopic (exact) mass is 644 g/mol. The maximum atomic E-state index is 15.6. The first-order valence-corrected chi connectivity index (χ1v) is 15.5. The summed E-state index contributed by atoms with van der Waals surface area (Å²) in [5, 5.41) is 25.6. The minimum Gasteiger partial charge on any atom is -0.395 e. The van der Waals surface area contributed by atoms with Gasteiger partial charge in [0.1, 0.15) is 17.5 Å². The lowest BCUT2D eigenvalue weighted by atomic mass is 9.72. The van der Waals surface area contributed by atoms with Crippen LogP contribution in [0.1, 0.15) is 34.5 Å². The van der Waals surface area contributed by atoms with Gasteiger partial charge in [-0.05, 0) is 68.2 Å². The molecule has 44 heavy (non-hydrogen) atoms. The summed E-state index contributed by atoms with van der Waals surface area (Å²) in [6.45, 7) is 2.19. The van der Waals surface area contributed by atoms with E-state index < -0.39 is 40.5 Å². The number of aryl methyl sites for hydroxylation is 1. The van der Waals surface area contributed by atoms with E-state index in [1.807, 2.05) is 24.0 Å². The summed E-state index contributed by atoms with van der Waals surface area (Å²) < 4.78 is 45.1. The van der Waals surface area contributed by atoms with E-state index in [2.05, 4.69) is 25.6 Å². The number of hydrogen-bond donors (Lipinski definition) is 4. The summed E-state index contributed by atoms with van der Waals surface area (Å²) >= 11 is 2.40. The Hall–Kier alpha value is -3.56. The maximum absolute atomic E-state index is 15.6. The van der Waals surface area contributed by atoms with Gasteiger partial charge in [0.15, 0.2) is 16.6 Å². The van der Waals surface area contributed by atoms with Gasteiger partial charge in [-0.1, -0.05) is 29.2 Å². The van der Waals surface area contributed by atoms with E-state index in [4.69, 9.17) is 0 Å². The third kappa shape index (κ3) is 7.21. The number of halogens is 3. The fourth-order valence-corrected chi connectivity index (χ4v) is 7.12. The third-order valence-electron chi connectivity index (χ3n) is 7.70. The lowest BCUT2D eigenvalue weighted by Gasteiger charge is -2.44. The van der Waals surface area contributed by atoms with E-state index in [-0.39, 0.29) is 30.2 Å². The highest BCUT2D eigenvalue weighted by atomic mass is 32.2. The standard InChI is InChI=1S/C30H31F3N6O3S2/c1-18-4-8-34-24(12-18)38-29-36-14-25(44-29)43-23-5-9-35-27(26(23)33)28(42)37-17-30(21-3-2-19(31)13-22(21)32)6-10-39(11-7-30)20(15-40)16-41/h2-5,8-9,12-14,20,40-41H,6-7,10-11,15-17H2,1H3,(H,37,42)(H,34,36,38). The molecule has 4 N–H and O–H groups in total. The number of nitrogens with zero attached hydrogens (tertiary/aromatic N) is 4. The smallest absolute Gasteiger partial charge is 0.273 e. The number of aliphatic hydroxyl groups is 2. The van der Waals surface area contributed by atoms with Crippen LogP contribution in [0, 0.1) is 24.4 Å². The minimum atomic E-state index is -0.930. The molecule has 0 atom stereocenters. The summed E-state index contributed by atoms with van der Waals surface area (Å²) in [6.07, 6.45) is 5.31. The highest BCUT2D eigenvalue weighted by Gasteiger charge is 2.40. The van der Waals surface area contributed by atoms with Crippen molar-refractivity contribution in [2.75, 3.05) is 38.2 Å². The molecule has 0 unspecified atom stereocenters. The average molecular weight is 645 g/mol. The SMILES string of the molecule is Cc1ccnc(Nc2ncc(Sc3ccnc(C(=O)NCC4(c5ccc(F)cc5F)CCN(C(CO)CO)CC4)c3F)s2)c1. The summed E-state index contributed by atoms with van der Waals surface area (Å²) in [5.41, 5.74) is -0.0683. The first-order valence-electron chi connectivity index (χ1n) is 13.9. The molecule has 4 aromatic rings. The van der Waals surface area contributed by atoms with Crippen LogP contribution in [0.25, 0.3) is 0 Å². The third-order valence-corrected chi connectivity index (χ3v) is 9.75. The molecule has 1 amide bonds. The second kappa shape index (κ2) is 14.0. The van der Waals surface area contributed by atoms with Crippen LogP contribution in [0.5, 0.6) is 0 Å². The number of nitrogens with one attached hydrogen (secondary N) is 2. The van der Waals surface area contributed by atoms with E-state index in [1.54, 1.807) is 12.4 Å². The van der Waals surface area contributed by atoms with Crippen LogP contribution in [0.4, 0.5) is 24.1 Å². The molecule has 232 valence electrons. The van der Waals surface area contributed by atoms with Gasteiger partial charge in [0.05, 0.1) is 34.6 Å². The van der Waals surface area contributed by atoms with Crippen molar-refractivity contribution in [2.24, 2.45) is 0 Å². The second-order valence-corrected chi connectivity index (χ2v) is 12.9. The zero-order valence-electron chi connectivity index (χ0n) is 23.8. The molecular weight excluding hydrogens is 613 g/mol. The van der Waals surface area contributed by atoms with Gasteiger partial charge >= 0.3 is 0 Å². The van der Waals surface area contributed by atoms with Crippen LogP contribution in [0.3, 0.4) is 0 Å². The van der Waals surface area contributed by atoms with E-state index in [0.717, 1.165) is 29.5 Å². The lowest BCUT2D eigenvalue weighted by molar-refractivity contribution is 0.0410. The number of piperidine rings is 1. The van der Waals surface area contributed by atoms with Crippen LogP contribution in [-0.4, -0.2) is 74.9 Å². The maximum Gasteiger partial charge on any atom is 0.273 e. The summed E-state index contributed by atoms with van der Waals surface area (Å²) in [6, 6.07) is 8.09. The molecule has 1 saturated heterocycles. The Labute approximate surface area is 260 Å². The van der Waals surface area contributed by atoms with Gasteiger partial charge in [-0.2, -0.15) is 0 Å². The number of anilines is 2. The first-order chi connectivity index (χ1) is 21.2. The average Bonchev–Trinajstić information content (AvgIpc) is 3.45. The number of carbonyl (C=O) groups is 1. The number of benzene rings is 1. The predicted molar refractivity (Wildman–Crippen MR) is 162 cm³/mol. The van der Waals surface area contributed by atoms with Crippen molar-refractivity contribution >= 4 is 40.0 Å². The highest BCUT2D eigenvalue weighted by molar-refractivity contribution is 8.01. The Bertz CT molecular complexity index is 1610. The van der Waals surface area contributed by atoms with Gasteiger partial charge in [-0.15, -0.1) is 0 Å². The van der Waals surface area contributed by atoms with Crippen LogP contribution in [-0.2, 0) is 5.41 Å². The number of likely N-dealkylation sites (tertiary alicyclic amines) is 1. The molecule has 1 aliphatic rings. The molecule has 1 aromatic carbocycles. The molecule has 0 saturated carbocycles. The molecule has 4 heterocycles. The van der Waals surface area contributed by atoms with E-state index in [9.17, 15) is 19.4 Å². The van der Waals surface area contributed by atoms with Crippen molar-refractivity contribution in [3.63, 3.8) is 0 Å². The minimum absolute atomic E-state index is 0.0551. The lowest BCUT2D eigenvalue weighted by Crippen LogP contribution is -2.53. The molecule has 0 spiro atoms. The topological polar surface area (TPSA) is 124 Å². The highest BCUT2D eigenvalue weighted by Crippen LogP contribution is 2.38. The number of aliphatic hydroxyl groups excluding tert-OH is 2. The Morgan fingerprint density at radius 1 is 1.07 bits per heavy atom. The van der Waals surface area contributed by atoms with Gasteiger partial charge in [0, 0.05) is 30.4 Å². The Morgan fingerprint density at radius 2 is 1.82 bits per heavy atom. The zero-order valence-corrected chi connectivity index (χ0v) is 25.4. The van der Waals surface area contributed by atoms with Crippen LogP contribution < -0.4 is 10.6 Å². The molecule has 1 aliphatic heterocycles. The Balaban J connectivity index is 1.30. The van der Waals surface area contributed by atoms with E-state index in [1.165, 1.54) is 29.7 Å². The second-order valence-electron chi connectivity index (χ2n) is 10.5. The van der Waals surface area contributed by atoms with E-state index in [0.29, 0.717) is 41.1 Å². The van der Waals surface area contributed by atoms with E-state index >= 15 is 8.78 Å². The Kier molecular flexibility index (Phi) is 10.2. The number of thiazole rings is 1. The molecule has 9 nitrogen and oxygen atoms in total. The summed E-state index contributed by atoms with van der Waals surface area (Å²) in [7, 11) is 0. The number of hydrogen-bond acceptors (Lipinski definition) is 10. The molecule has 5 rings (SSSR count). The predicted octanol–water partition coefficient (Wildman–Crippen LogP) is 4.67. The fraction of sp³-hybridized carbons (Fsp3) is 0.333. The largest absolute Gasteiger partial charge is 0.395 e. The van der Waals surface area contributed by atoms with Crippen molar-refractivity contribution in [3.05, 3.63) is 89.3 Å². The number of rotatable bonds is 11. The molecular formula is C30H31F3N6O3S2. The first kappa shape index (κ1) is 31.9. The van der Waals surface area contributed by atoms with Crippen molar-refractivity contribution in [2.45, 2.75) is 40.3 Å². The quantitative estimate of drug-likeness (QED) is 0.185. The van der Waals surface area contributed by atoms with Crippen molar-refractivity contribution < 1.29 is 28.2 Å². The summed E-state index contributed by atoms with van der Waals surface area (Å²) in [4.78, 5) is 27.9. The molecule has 0 radical (unpaired) electrons. The van der Waals surface area contributed by atoms with Gasteiger partial charge < -0.3 is 20.8 Å². The van der Waals surface area contributed by atoms with Crippen molar-refractivity contribution in [1.29, 1.82) is 0 Å². The van der Waals surface area contributed by atoms with Crippen molar-refractivity contribution in [1.82, 2.24) is 25.2 Å². The Morgan fingerprint density at radius 3 is 2.52 bits per heavy atom. The van der Waals surface area contributed by atoms with Gasteiger partial charge in [0.2, 0.25) is 0 Å². The fourth-order valence-electron chi connectivity index (χ4n) is 5.25.